The maximum absolute atomic E-state index is 13.9. The van der Waals surface area contributed by atoms with Crippen LogP contribution >= 0.6 is 0 Å². The van der Waals surface area contributed by atoms with Gasteiger partial charge >= 0.3 is 5.76 Å². The van der Waals surface area contributed by atoms with Crippen molar-refractivity contribution >= 4 is 22.7 Å². The fraction of sp³-hybridized carbons (Fsp3) is 0.583. The summed E-state index contributed by atoms with van der Waals surface area (Å²) in [5.74, 6) is -1.15. The van der Waals surface area contributed by atoms with Crippen LogP contribution in [0.4, 0.5) is 10.2 Å². The van der Waals surface area contributed by atoms with Gasteiger partial charge in [0.1, 0.15) is 28.8 Å². The second kappa shape index (κ2) is 9.87. The number of benzene rings is 1. The first kappa shape index (κ1) is 23.2. The van der Waals surface area contributed by atoms with E-state index in [1.807, 2.05) is 7.05 Å². The number of halogens is 1. The molecule has 4 rings (SSSR count). The molecule has 0 unspecified atom stereocenters. The summed E-state index contributed by atoms with van der Waals surface area (Å²) < 4.78 is 19.0. The van der Waals surface area contributed by atoms with Crippen molar-refractivity contribution in [2.75, 3.05) is 25.5 Å². The first-order chi connectivity index (χ1) is 15.9. The molecule has 1 aliphatic heterocycles. The molecule has 2 aliphatic rings. The molecule has 0 radical (unpaired) electrons. The van der Waals surface area contributed by atoms with E-state index in [-0.39, 0.29) is 17.3 Å². The molecule has 1 aromatic carbocycles. The number of hydrogen-bond donors (Lipinski definition) is 2. The van der Waals surface area contributed by atoms with Crippen molar-refractivity contribution < 1.29 is 13.6 Å². The highest BCUT2D eigenvalue weighted by molar-refractivity contribution is 5.91. The molecule has 2 aromatic rings. The van der Waals surface area contributed by atoms with Gasteiger partial charge in [0.15, 0.2) is 0 Å². The predicted octanol–water partition coefficient (Wildman–Crippen LogP) is 3.18. The third-order valence-corrected chi connectivity index (χ3v) is 6.94. The Kier molecular flexibility index (Phi) is 6.94. The van der Waals surface area contributed by atoms with E-state index in [0.29, 0.717) is 30.6 Å². The van der Waals surface area contributed by atoms with E-state index in [1.165, 1.54) is 24.6 Å². The maximum Gasteiger partial charge on any atom is 0.441 e. The lowest BCUT2D eigenvalue weighted by Crippen LogP contribution is -2.57. The third-order valence-electron chi connectivity index (χ3n) is 6.94. The Morgan fingerprint density at radius 2 is 2.06 bits per heavy atom. The molecule has 2 heterocycles. The summed E-state index contributed by atoms with van der Waals surface area (Å²) in [5, 5.41) is 16.3. The van der Waals surface area contributed by atoms with Crippen molar-refractivity contribution in [2.45, 2.75) is 62.9 Å². The number of anilines is 1. The van der Waals surface area contributed by atoms with E-state index in [0.717, 1.165) is 38.8 Å². The van der Waals surface area contributed by atoms with Gasteiger partial charge in [-0.15, -0.1) is 0 Å². The lowest BCUT2D eigenvalue weighted by Gasteiger charge is -2.37. The van der Waals surface area contributed by atoms with Gasteiger partial charge in [-0.2, -0.15) is 10.2 Å². The van der Waals surface area contributed by atoms with Gasteiger partial charge in [-0.05, 0) is 50.4 Å². The van der Waals surface area contributed by atoms with Crippen LogP contribution in [0.25, 0.3) is 11.0 Å². The SMILES string of the molecule is CN1CCC(C#N)(NC(=O)[C@H](CC2CCCCC2)Nc2nc(=O)oc3ccc(F)cc23)CC1. The molecular formula is C24H30FN5O3. The van der Waals surface area contributed by atoms with Crippen molar-refractivity contribution in [1.82, 2.24) is 15.2 Å². The molecule has 1 aliphatic carbocycles. The monoisotopic (exact) mass is 455 g/mol. The molecule has 1 aromatic heterocycles. The number of aromatic nitrogens is 1. The minimum atomic E-state index is -0.923. The number of carbonyl (C=O) groups excluding carboxylic acids is 1. The van der Waals surface area contributed by atoms with Crippen LogP contribution < -0.4 is 16.4 Å². The maximum atomic E-state index is 13.9. The zero-order valence-electron chi connectivity index (χ0n) is 18.9. The Bertz CT molecular complexity index is 1100. The van der Waals surface area contributed by atoms with E-state index in [9.17, 15) is 19.2 Å². The van der Waals surface area contributed by atoms with Crippen LogP contribution in [0.2, 0.25) is 0 Å². The largest absolute Gasteiger partial charge is 0.441 e. The number of piperidine rings is 1. The van der Waals surface area contributed by atoms with E-state index in [2.05, 4.69) is 26.6 Å². The molecule has 0 bridgehead atoms. The number of likely N-dealkylation sites (tertiary alicyclic amines) is 1. The van der Waals surface area contributed by atoms with E-state index < -0.39 is 23.2 Å². The van der Waals surface area contributed by atoms with E-state index >= 15 is 0 Å². The Morgan fingerprint density at radius 1 is 1.33 bits per heavy atom. The average molecular weight is 456 g/mol. The van der Waals surface area contributed by atoms with Gasteiger partial charge in [-0.1, -0.05) is 32.1 Å². The number of carbonyl (C=O) groups is 1. The van der Waals surface area contributed by atoms with Crippen molar-refractivity contribution in [2.24, 2.45) is 5.92 Å². The molecule has 2 N–H and O–H groups in total. The van der Waals surface area contributed by atoms with Crippen molar-refractivity contribution in [3.63, 3.8) is 0 Å². The molecule has 1 amide bonds. The number of hydrogen-bond acceptors (Lipinski definition) is 7. The lowest BCUT2D eigenvalue weighted by molar-refractivity contribution is -0.124. The van der Waals surface area contributed by atoms with Gasteiger partial charge in [-0.25, -0.2) is 9.18 Å². The van der Waals surface area contributed by atoms with Gasteiger partial charge in [0.25, 0.3) is 0 Å². The smallest absolute Gasteiger partial charge is 0.408 e. The summed E-state index contributed by atoms with van der Waals surface area (Å²) in [4.78, 5) is 31.5. The summed E-state index contributed by atoms with van der Waals surface area (Å²) in [6.45, 7) is 1.44. The van der Waals surface area contributed by atoms with Crippen LogP contribution in [0.15, 0.2) is 27.4 Å². The van der Waals surface area contributed by atoms with Gasteiger partial charge < -0.3 is 20.0 Å². The van der Waals surface area contributed by atoms with Crippen LogP contribution in [0.1, 0.15) is 51.4 Å². The van der Waals surface area contributed by atoms with Crippen molar-refractivity contribution in [3.05, 3.63) is 34.6 Å². The van der Waals surface area contributed by atoms with Crippen LogP contribution in [0, 0.1) is 23.1 Å². The molecule has 8 nitrogen and oxygen atoms in total. The number of nitriles is 1. The standard InChI is InChI=1S/C24H30FN5O3/c1-30-11-9-24(15-26,10-12-30)29-22(31)19(13-16-5-3-2-4-6-16)27-21-18-14-17(25)7-8-20(18)33-23(32)28-21/h7-8,14,16,19H,2-6,9-13H2,1H3,(H,29,31)(H,27,28,32)/t19-/m0/s1. The molecule has 9 heteroatoms. The molecule has 33 heavy (non-hydrogen) atoms. The fourth-order valence-corrected chi connectivity index (χ4v) is 4.90. The average Bonchev–Trinajstić information content (AvgIpc) is 2.81. The van der Waals surface area contributed by atoms with Gasteiger partial charge in [0.2, 0.25) is 5.91 Å². The highest BCUT2D eigenvalue weighted by Gasteiger charge is 2.37. The summed E-state index contributed by atoms with van der Waals surface area (Å²) >= 11 is 0. The summed E-state index contributed by atoms with van der Waals surface area (Å²) in [6.07, 6.45) is 7.12. The summed E-state index contributed by atoms with van der Waals surface area (Å²) in [7, 11) is 1.99. The molecule has 1 atom stereocenters. The quantitative estimate of drug-likeness (QED) is 0.688. The highest BCUT2D eigenvalue weighted by atomic mass is 19.1. The molecule has 2 fully saturated rings. The third kappa shape index (κ3) is 5.50. The number of rotatable bonds is 6. The molecule has 0 spiro atoms. The van der Waals surface area contributed by atoms with Crippen molar-refractivity contribution in [1.29, 1.82) is 5.26 Å². The molecule has 1 saturated carbocycles. The Labute approximate surface area is 192 Å². The number of nitrogens with one attached hydrogen (secondary N) is 2. The lowest BCUT2D eigenvalue weighted by atomic mass is 9.84. The Balaban J connectivity index is 1.62. The summed E-state index contributed by atoms with van der Waals surface area (Å²) in [5.41, 5.74) is -0.729. The molecule has 176 valence electrons. The number of fused-ring (bicyclic) bond motifs is 1. The van der Waals surface area contributed by atoms with Crippen LogP contribution in [-0.4, -0.2) is 47.5 Å². The van der Waals surface area contributed by atoms with Crippen LogP contribution in [0.5, 0.6) is 0 Å². The van der Waals surface area contributed by atoms with Gasteiger partial charge in [-0.3, -0.25) is 4.79 Å². The van der Waals surface area contributed by atoms with Crippen LogP contribution in [-0.2, 0) is 4.79 Å². The topological polar surface area (TPSA) is 111 Å². The highest BCUT2D eigenvalue weighted by Crippen LogP contribution is 2.30. The fourth-order valence-electron chi connectivity index (χ4n) is 4.90. The van der Waals surface area contributed by atoms with E-state index in [4.69, 9.17) is 4.42 Å². The molecule has 1 saturated heterocycles. The zero-order valence-corrected chi connectivity index (χ0v) is 18.9. The first-order valence-corrected chi connectivity index (χ1v) is 11.7. The number of nitrogens with zero attached hydrogens (tertiary/aromatic N) is 3. The normalized spacial score (nSPS) is 20.2. The Morgan fingerprint density at radius 3 is 2.76 bits per heavy atom. The predicted molar refractivity (Wildman–Crippen MR) is 122 cm³/mol. The van der Waals surface area contributed by atoms with Crippen LogP contribution in [0.3, 0.4) is 0 Å². The number of amides is 1. The minimum absolute atomic E-state index is 0.117. The zero-order chi connectivity index (χ0) is 23.4. The second-order valence-corrected chi connectivity index (χ2v) is 9.39. The second-order valence-electron chi connectivity index (χ2n) is 9.39. The summed E-state index contributed by atoms with van der Waals surface area (Å²) in [6, 6.07) is 5.42. The van der Waals surface area contributed by atoms with E-state index in [1.54, 1.807) is 0 Å². The molecular weight excluding hydrogens is 425 g/mol. The first-order valence-electron chi connectivity index (χ1n) is 11.7. The van der Waals surface area contributed by atoms with Gasteiger partial charge in [0.05, 0.1) is 11.5 Å². The van der Waals surface area contributed by atoms with Crippen molar-refractivity contribution in [3.8, 4) is 6.07 Å². The minimum Gasteiger partial charge on any atom is -0.408 e. The Hall–Kier alpha value is -2.99. The van der Waals surface area contributed by atoms with Gasteiger partial charge in [0, 0.05) is 13.1 Å².